The summed E-state index contributed by atoms with van der Waals surface area (Å²) in [6, 6.07) is 3.76. The van der Waals surface area contributed by atoms with E-state index >= 15 is 0 Å². The Morgan fingerprint density at radius 2 is 1.74 bits per heavy atom. The van der Waals surface area contributed by atoms with Crippen LogP contribution in [-0.4, -0.2) is 40.3 Å². The summed E-state index contributed by atoms with van der Waals surface area (Å²) in [6.07, 6.45) is 0.726. The van der Waals surface area contributed by atoms with Gasteiger partial charge in [0.1, 0.15) is 0 Å². The zero-order valence-electron chi connectivity index (χ0n) is 11.5. The SMILES string of the molecule is COc1cc(CCNCC(N)=O)cc(OC)c1OC. The molecule has 0 aliphatic carbocycles. The van der Waals surface area contributed by atoms with Crippen molar-refractivity contribution in [1.82, 2.24) is 5.32 Å². The fourth-order valence-corrected chi connectivity index (χ4v) is 1.72. The zero-order chi connectivity index (χ0) is 14.3. The number of nitrogens with two attached hydrogens (primary N) is 1. The molecule has 0 spiro atoms. The first kappa shape index (κ1) is 15.1. The van der Waals surface area contributed by atoms with E-state index in [1.54, 1.807) is 21.3 Å². The number of amides is 1. The molecule has 0 saturated heterocycles. The third kappa shape index (κ3) is 4.33. The normalized spacial score (nSPS) is 10.1. The second-order valence-corrected chi connectivity index (χ2v) is 3.93. The lowest BCUT2D eigenvalue weighted by molar-refractivity contribution is -0.117. The van der Waals surface area contributed by atoms with Crippen molar-refractivity contribution in [2.45, 2.75) is 6.42 Å². The molecule has 3 N–H and O–H groups in total. The van der Waals surface area contributed by atoms with Crippen LogP contribution in [0, 0.1) is 0 Å². The molecule has 0 bridgehead atoms. The van der Waals surface area contributed by atoms with Crippen LogP contribution in [0.25, 0.3) is 0 Å². The lowest BCUT2D eigenvalue weighted by atomic mass is 10.1. The monoisotopic (exact) mass is 268 g/mol. The Bertz CT molecular complexity index is 410. The highest BCUT2D eigenvalue weighted by Gasteiger charge is 2.12. The third-order valence-electron chi connectivity index (χ3n) is 2.61. The van der Waals surface area contributed by atoms with Crippen LogP contribution in [0.2, 0.25) is 0 Å². The van der Waals surface area contributed by atoms with Crippen molar-refractivity contribution < 1.29 is 19.0 Å². The predicted molar refractivity (Wildman–Crippen MR) is 71.9 cm³/mol. The van der Waals surface area contributed by atoms with Gasteiger partial charge in [-0.15, -0.1) is 0 Å². The molecule has 0 heterocycles. The number of benzene rings is 1. The average molecular weight is 268 g/mol. The van der Waals surface area contributed by atoms with E-state index in [9.17, 15) is 4.79 Å². The van der Waals surface area contributed by atoms with Gasteiger partial charge < -0.3 is 25.3 Å². The van der Waals surface area contributed by atoms with Gasteiger partial charge >= 0.3 is 0 Å². The lowest BCUT2D eigenvalue weighted by Gasteiger charge is -2.14. The first-order valence-corrected chi connectivity index (χ1v) is 5.90. The molecular formula is C13H20N2O4. The summed E-state index contributed by atoms with van der Waals surface area (Å²) in [6.45, 7) is 0.812. The molecule has 0 fully saturated rings. The zero-order valence-corrected chi connectivity index (χ0v) is 11.5. The van der Waals surface area contributed by atoms with Gasteiger partial charge in [0.15, 0.2) is 11.5 Å². The first-order chi connectivity index (χ1) is 9.12. The van der Waals surface area contributed by atoms with E-state index in [0.717, 1.165) is 12.0 Å². The van der Waals surface area contributed by atoms with Gasteiger partial charge in [-0.3, -0.25) is 4.79 Å². The average Bonchev–Trinajstić information content (AvgIpc) is 2.42. The molecule has 0 unspecified atom stereocenters. The van der Waals surface area contributed by atoms with Crippen molar-refractivity contribution in [1.29, 1.82) is 0 Å². The van der Waals surface area contributed by atoms with Crippen LogP contribution in [0.15, 0.2) is 12.1 Å². The molecule has 1 aromatic carbocycles. The number of ether oxygens (including phenoxy) is 3. The highest BCUT2D eigenvalue weighted by molar-refractivity contribution is 5.75. The van der Waals surface area contributed by atoms with Crippen molar-refractivity contribution in [3.05, 3.63) is 17.7 Å². The van der Waals surface area contributed by atoms with Crippen LogP contribution >= 0.6 is 0 Å². The van der Waals surface area contributed by atoms with Gasteiger partial charge in [0.05, 0.1) is 27.9 Å². The summed E-state index contributed by atoms with van der Waals surface area (Å²) in [4.78, 5) is 10.6. The van der Waals surface area contributed by atoms with E-state index in [1.807, 2.05) is 12.1 Å². The summed E-state index contributed by atoms with van der Waals surface area (Å²) in [7, 11) is 4.72. The molecule has 1 amide bonds. The molecule has 6 nitrogen and oxygen atoms in total. The quantitative estimate of drug-likeness (QED) is 0.664. The molecule has 0 saturated carbocycles. The minimum absolute atomic E-state index is 0.171. The number of carbonyl (C=O) groups is 1. The number of hydrogen-bond donors (Lipinski definition) is 2. The molecule has 106 valence electrons. The maximum Gasteiger partial charge on any atom is 0.231 e. The Hall–Kier alpha value is -1.95. The summed E-state index contributed by atoms with van der Waals surface area (Å²) < 4.78 is 15.8. The largest absolute Gasteiger partial charge is 0.493 e. The fourth-order valence-electron chi connectivity index (χ4n) is 1.72. The molecule has 19 heavy (non-hydrogen) atoms. The maximum atomic E-state index is 10.6. The van der Waals surface area contributed by atoms with Gasteiger partial charge in [-0.05, 0) is 30.7 Å². The van der Waals surface area contributed by atoms with Crippen LogP contribution in [0.1, 0.15) is 5.56 Å². The number of hydrogen-bond acceptors (Lipinski definition) is 5. The Labute approximate surface area is 112 Å². The molecule has 6 heteroatoms. The van der Waals surface area contributed by atoms with E-state index in [4.69, 9.17) is 19.9 Å². The van der Waals surface area contributed by atoms with Crippen molar-refractivity contribution >= 4 is 5.91 Å². The fraction of sp³-hybridized carbons (Fsp3) is 0.462. The summed E-state index contributed by atoms with van der Waals surface area (Å²) in [5, 5.41) is 2.95. The smallest absolute Gasteiger partial charge is 0.231 e. The van der Waals surface area contributed by atoms with Crippen LogP contribution in [0.3, 0.4) is 0 Å². The summed E-state index contributed by atoms with van der Waals surface area (Å²) >= 11 is 0. The number of primary amides is 1. The van der Waals surface area contributed by atoms with Crippen molar-refractivity contribution in [3.63, 3.8) is 0 Å². The molecule has 0 radical (unpaired) electrons. The second kappa shape index (κ2) is 7.48. The summed E-state index contributed by atoms with van der Waals surface area (Å²) in [5.74, 6) is 1.43. The van der Waals surface area contributed by atoms with Gasteiger partial charge in [0, 0.05) is 0 Å². The maximum absolute atomic E-state index is 10.6. The second-order valence-electron chi connectivity index (χ2n) is 3.93. The van der Waals surface area contributed by atoms with E-state index in [-0.39, 0.29) is 12.5 Å². The van der Waals surface area contributed by atoms with Crippen LogP contribution < -0.4 is 25.3 Å². The summed E-state index contributed by atoms with van der Waals surface area (Å²) in [5.41, 5.74) is 6.06. The number of carbonyl (C=O) groups excluding carboxylic acids is 1. The molecule has 0 atom stereocenters. The third-order valence-corrected chi connectivity index (χ3v) is 2.61. The van der Waals surface area contributed by atoms with Crippen LogP contribution in [0.5, 0.6) is 17.2 Å². The minimum atomic E-state index is -0.370. The molecule has 0 aliphatic rings. The van der Waals surface area contributed by atoms with Gasteiger partial charge in [-0.25, -0.2) is 0 Å². The molecule has 1 rings (SSSR count). The van der Waals surface area contributed by atoms with E-state index in [1.165, 1.54) is 0 Å². The lowest BCUT2D eigenvalue weighted by Crippen LogP contribution is -2.29. The molecule has 1 aromatic rings. The highest BCUT2D eigenvalue weighted by Crippen LogP contribution is 2.38. The van der Waals surface area contributed by atoms with Gasteiger partial charge in [0.25, 0.3) is 0 Å². The number of methoxy groups -OCH3 is 3. The highest BCUT2D eigenvalue weighted by atomic mass is 16.5. The molecule has 0 aliphatic heterocycles. The Morgan fingerprint density at radius 3 is 2.16 bits per heavy atom. The Balaban J connectivity index is 2.76. The van der Waals surface area contributed by atoms with Crippen molar-refractivity contribution in [2.75, 3.05) is 34.4 Å². The predicted octanol–water partition coefficient (Wildman–Crippen LogP) is 0.330. The standard InChI is InChI=1S/C13H20N2O4/c1-17-10-6-9(4-5-15-8-12(14)16)7-11(18-2)13(10)19-3/h6-7,15H,4-5,8H2,1-3H3,(H2,14,16). The Kier molecular flexibility index (Phi) is 5.95. The first-order valence-electron chi connectivity index (χ1n) is 5.90. The van der Waals surface area contributed by atoms with Crippen LogP contribution in [-0.2, 0) is 11.2 Å². The van der Waals surface area contributed by atoms with E-state index in [2.05, 4.69) is 5.32 Å². The van der Waals surface area contributed by atoms with Gasteiger partial charge in [-0.1, -0.05) is 0 Å². The number of rotatable bonds is 8. The van der Waals surface area contributed by atoms with Crippen molar-refractivity contribution in [2.24, 2.45) is 5.73 Å². The van der Waals surface area contributed by atoms with E-state index < -0.39 is 0 Å². The topological polar surface area (TPSA) is 82.8 Å². The molecular weight excluding hydrogens is 248 g/mol. The number of nitrogens with one attached hydrogen (secondary N) is 1. The molecule has 0 aromatic heterocycles. The van der Waals surface area contributed by atoms with Gasteiger partial charge in [-0.2, -0.15) is 0 Å². The van der Waals surface area contributed by atoms with Gasteiger partial charge in [0.2, 0.25) is 11.7 Å². The van der Waals surface area contributed by atoms with Crippen LogP contribution in [0.4, 0.5) is 0 Å². The Morgan fingerprint density at radius 1 is 1.16 bits per heavy atom. The van der Waals surface area contributed by atoms with Crippen molar-refractivity contribution in [3.8, 4) is 17.2 Å². The van der Waals surface area contributed by atoms with E-state index in [0.29, 0.717) is 23.8 Å². The minimum Gasteiger partial charge on any atom is -0.493 e.